The predicted molar refractivity (Wildman–Crippen MR) is 91.1 cm³/mol. The maximum Gasteiger partial charge on any atom is 0.241 e. The fourth-order valence-electron chi connectivity index (χ4n) is 2.60. The molecule has 0 spiro atoms. The Labute approximate surface area is 144 Å². The molecule has 7 heteroatoms. The van der Waals surface area contributed by atoms with E-state index in [0.29, 0.717) is 17.3 Å². The molecular formula is C18H14F2N2O2S. The van der Waals surface area contributed by atoms with Crippen molar-refractivity contribution >= 4 is 10.0 Å². The van der Waals surface area contributed by atoms with E-state index < -0.39 is 26.6 Å². The highest BCUT2D eigenvalue weighted by Crippen LogP contribution is 2.33. The number of nitrogens with zero attached hydrogens (tertiary/aromatic N) is 1. The Morgan fingerprint density at radius 2 is 1.72 bits per heavy atom. The van der Waals surface area contributed by atoms with Gasteiger partial charge in [0.2, 0.25) is 10.0 Å². The minimum Gasteiger partial charge on any atom is -0.256 e. The molecule has 2 N–H and O–H groups in total. The summed E-state index contributed by atoms with van der Waals surface area (Å²) < 4.78 is 51.3. The Morgan fingerprint density at radius 1 is 0.960 bits per heavy atom. The molecule has 0 unspecified atom stereocenters. The van der Waals surface area contributed by atoms with Crippen LogP contribution in [0.1, 0.15) is 5.56 Å². The number of aryl methyl sites for hydroxylation is 1. The molecule has 0 aliphatic heterocycles. The molecule has 3 aromatic rings. The average Bonchev–Trinajstić information content (AvgIpc) is 2.55. The van der Waals surface area contributed by atoms with Crippen LogP contribution in [0.5, 0.6) is 0 Å². The predicted octanol–water partition coefficient (Wildman–Crippen LogP) is 3.65. The SMILES string of the molecule is Cc1cccc(-c2ncccc2-c2cc(F)c(S(N)(=O)=O)cc2F)c1. The summed E-state index contributed by atoms with van der Waals surface area (Å²) in [4.78, 5) is 3.40. The number of sulfonamides is 1. The largest absolute Gasteiger partial charge is 0.256 e. The lowest BCUT2D eigenvalue weighted by Gasteiger charge is -2.12. The Balaban J connectivity index is 2.24. The summed E-state index contributed by atoms with van der Waals surface area (Å²) in [6.45, 7) is 1.91. The Hall–Kier alpha value is -2.64. The van der Waals surface area contributed by atoms with E-state index in [1.54, 1.807) is 18.3 Å². The van der Waals surface area contributed by atoms with E-state index in [0.717, 1.165) is 17.2 Å². The van der Waals surface area contributed by atoms with Crippen molar-refractivity contribution < 1.29 is 17.2 Å². The van der Waals surface area contributed by atoms with Crippen LogP contribution in [0.4, 0.5) is 8.78 Å². The van der Waals surface area contributed by atoms with Crippen LogP contribution >= 0.6 is 0 Å². The van der Waals surface area contributed by atoms with Gasteiger partial charge in [0.1, 0.15) is 16.5 Å². The molecule has 25 heavy (non-hydrogen) atoms. The van der Waals surface area contributed by atoms with Crippen LogP contribution < -0.4 is 5.14 Å². The van der Waals surface area contributed by atoms with Crippen molar-refractivity contribution in [3.8, 4) is 22.4 Å². The van der Waals surface area contributed by atoms with E-state index in [-0.39, 0.29) is 5.56 Å². The fourth-order valence-corrected chi connectivity index (χ4v) is 3.20. The Morgan fingerprint density at radius 3 is 2.40 bits per heavy atom. The number of benzene rings is 2. The van der Waals surface area contributed by atoms with Gasteiger partial charge in [-0.1, -0.05) is 29.8 Å². The van der Waals surface area contributed by atoms with Crippen molar-refractivity contribution in [2.24, 2.45) is 5.14 Å². The molecule has 0 aliphatic carbocycles. The molecule has 3 rings (SSSR count). The lowest BCUT2D eigenvalue weighted by atomic mass is 9.98. The molecule has 0 atom stereocenters. The maximum absolute atomic E-state index is 14.5. The Bertz CT molecular complexity index is 1070. The van der Waals surface area contributed by atoms with Gasteiger partial charge >= 0.3 is 0 Å². The number of nitrogens with two attached hydrogens (primary N) is 1. The van der Waals surface area contributed by atoms with Crippen LogP contribution in [0.15, 0.2) is 59.6 Å². The molecule has 2 aromatic carbocycles. The number of primary sulfonamides is 1. The van der Waals surface area contributed by atoms with Crippen molar-refractivity contribution in [1.29, 1.82) is 0 Å². The lowest BCUT2D eigenvalue weighted by Crippen LogP contribution is -2.14. The molecule has 0 saturated heterocycles. The lowest BCUT2D eigenvalue weighted by molar-refractivity contribution is 0.555. The van der Waals surface area contributed by atoms with Crippen LogP contribution in [0.3, 0.4) is 0 Å². The molecule has 1 heterocycles. The Kier molecular flexibility index (Phi) is 4.36. The molecule has 128 valence electrons. The first kappa shape index (κ1) is 17.2. The highest BCUT2D eigenvalue weighted by molar-refractivity contribution is 7.89. The normalized spacial score (nSPS) is 11.5. The summed E-state index contributed by atoms with van der Waals surface area (Å²) in [5.41, 5.74) is 2.46. The molecule has 1 aromatic heterocycles. The van der Waals surface area contributed by atoms with Gasteiger partial charge in [-0.25, -0.2) is 22.3 Å². The van der Waals surface area contributed by atoms with Gasteiger partial charge in [-0.05, 0) is 31.2 Å². The van der Waals surface area contributed by atoms with Gasteiger partial charge in [-0.15, -0.1) is 0 Å². The van der Waals surface area contributed by atoms with E-state index in [1.165, 1.54) is 0 Å². The summed E-state index contributed by atoms with van der Waals surface area (Å²) in [5.74, 6) is -2.01. The van der Waals surface area contributed by atoms with Crippen molar-refractivity contribution in [3.63, 3.8) is 0 Å². The fraction of sp³-hybridized carbons (Fsp3) is 0.0556. The highest BCUT2D eigenvalue weighted by Gasteiger charge is 2.20. The summed E-state index contributed by atoms with van der Waals surface area (Å²) in [6.07, 6.45) is 1.55. The van der Waals surface area contributed by atoms with Gasteiger partial charge in [-0.3, -0.25) is 4.98 Å². The van der Waals surface area contributed by atoms with Crippen molar-refractivity contribution in [3.05, 3.63) is 71.9 Å². The molecule has 0 amide bonds. The standard InChI is InChI=1S/C18H14F2N2O2S/c1-11-4-2-5-12(8-11)18-13(6-3-7-22-18)14-9-16(20)17(10-15(14)19)25(21,23)24/h2-10H,1H3,(H2,21,23,24). The summed E-state index contributed by atoms with van der Waals surface area (Å²) in [6, 6.07) is 12.0. The third-order valence-electron chi connectivity index (χ3n) is 3.72. The monoisotopic (exact) mass is 360 g/mol. The van der Waals surface area contributed by atoms with Gasteiger partial charge < -0.3 is 0 Å². The van der Waals surface area contributed by atoms with Gasteiger partial charge in [0.15, 0.2) is 0 Å². The molecule has 4 nitrogen and oxygen atoms in total. The van der Waals surface area contributed by atoms with Crippen molar-refractivity contribution in [2.45, 2.75) is 11.8 Å². The van der Waals surface area contributed by atoms with Crippen LogP contribution in [0, 0.1) is 18.6 Å². The van der Waals surface area contributed by atoms with E-state index in [1.807, 2.05) is 31.2 Å². The molecule has 0 fully saturated rings. The second-order valence-electron chi connectivity index (χ2n) is 5.58. The first-order valence-electron chi connectivity index (χ1n) is 7.31. The number of rotatable bonds is 3. The number of pyridine rings is 1. The number of hydrogen-bond donors (Lipinski definition) is 1. The van der Waals surface area contributed by atoms with E-state index in [9.17, 15) is 17.2 Å². The zero-order chi connectivity index (χ0) is 18.2. The number of hydrogen-bond acceptors (Lipinski definition) is 3. The van der Waals surface area contributed by atoms with Gasteiger partial charge in [0.25, 0.3) is 0 Å². The van der Waals surface area contributed by atoms with Gasteiger partial charge in [0, 0.05) is 22.9 Å². The van der Waals surface area contributed by atoms with Gasteiger partial charge in [0.05, 0.1) is 5.69 Å². The molecular weight excluding hydrogens is 346 g/mol. The zero-order valence-corrected chi connectivity index (χ0v) is 14.0. The first-order chi connectivity index (χ1) is 11.8. The van der Waals surface area contributed by atoms with Crippen molar-refractivity contribution in [2.75, 3.05) is 0 Å². The second-order valence-corrected chi connectivity index (χ2v) is 7.11. The third kappa shape index (κ3) is 3.42. The topological polar surface area (TPSA) is 73.0 Å². The smallest absolute Gasteiger partial charge is 0.241 e. The molecule has 0 aliphatic rings. The molecule has 0 saturated carbocycles. The number of aromatic nitrogens is 1. The maximum atomic E-state index is 14.5. The van der Waals surface area contributed by atoms with Crippen LogP contribution in [0.25, 0.3) is 22.4 Å². The minimum absolute atomic E-state index is 0.0884. The van der Waals surface area contributed by atoms with Crippen molar-refractivity contribution in [1.82, 2.24) is 4.98 Å². The zero-order valence-electron chi connectivity index (χ0n) is 13.2. The van der Waals surface area contributed by atoms with E-state index >= 15 is 0 Å². The van der Waals surface area contributed by atoms with Crippen LogP contribution in [-0.4, -0.2) is 13.4 Å². The third-order valence-corrected chi connectivity index (χ3v) is 4.64. The summed E-state index contributed by atoms with van der Waals surface area (Å²) in [5, 5.41) is 4.91. The summed E-state index contributed by atoms with van der Waals surface area (Å²) >= 11 is 0. The number of halogens is 2. The quantitative estimate of drug-likeness (QED) is 0.775. The van der Waals surface area contributed by atoms with Gasteiger partial charge in [-0.2, -0.15) is 0 Å². The average molecular weight is 360 g/mol. The van der Waals surface area contributed by atoms with E-state index in [2.05, 4.69) is 4.98 Å². The van der Waals surface area contributed by atoms with Crippen LogP contribution in [-0.2, 0) is 10.0 Å². The second kappa shape index (κ2) is 6.34. The minimum atomic E-state index is -4.35. The van der Waals surface area contributed by atoms with E-state index in [4.69, 9.17) is 5.14 Å². The first-order valence-corrected chi connectivity index (χ1v) is 8.86. The highest BCUT2D eigenvalue weighted by atomic mass is 32.2. The summed E-state index contributed by atoms with van der Waals surface area (Å²) in [7, 11) is -4.35. The van der Waals surface area contributed by atoms with Crippen LogP contribution in [0.2, 0.25) is 0 Å². The molecule has 0 radical (unpaired) electrons. The molecule has 0 bridgehead atoms.